The van der Waals surface area contributed by atoms with E-state index in [0.717, 1.165) is 24.6 Å². The van der Waals surface area contributed by atoms with Crippen LogP contribution in [0.2, 0.25) is 0 Å². The number of likely N-dealkylation sites (tertiary alicyclic amines) is 1. The van der Waals surface area contributed by atoms with Crippen molar-refractivity contribution in [2.45, 2.75) is 38.4 Å². The molecule has 3 rings (SSSR count). The van der Waals surface area contributed by atoms with Crippen molar-refractivity contribution in [2.24, 2.45) is 10.4 Å². The first kappa shape index (κ1) is 17.9. The molecule has 1 aromatic rings. The van der Waals surface area contributed by atoms with Crippen LogP contribution in [0.15, 0.2) is 29.3 Å². The lowest BCUT2D eigenvalue weighted by Gasteiger charge is -2.38. The number of hydrogen-bond acceptors (Lipinski definition) is 2. The van der Waals surface area contributed by atoms with Gasteiger partial charge in [0.05, 0.1) is 0 Å². The number of guanidine groups is 1. The molecule has 0 aromatic heterocycles. The van der Waals surface area contributed by atoms with Gasteiger partial charge >= 0.3 is 6.18 Å². The summed E-state index contributed by atoms with van der Waals surface area (Å²) in [7, 11) is 1.76. The number of aliphatic imine (C=N–C) groups is 1. The van der Waals surface area contributed by atoms with Gasteiger partial charge in [-0.1, -0.05) is 18.6 Å². The SMILES string of the molecule is CN=C(NCc1cccc(OCC(F)(F)F)c1)N1CCC2(CCC2)C1. The molecular formula is C18H24F3N3O. The van der Waals surface area contributed by atoms with Gasteiger partial charge in [0.25, 0.3) is 0 Å². The van der Waals surface area contributed by atoms with Crippen molar-refractivity contribution < 1.29 is 17.9 Å². The molecule has 1 saturated heterocycles. The molecule has 1 saturated carbocycles. The number of rotatable bonds is 4. The van der Waals surface area contributed by atoms with Crippen LogP contribution in [-0.4, -0.2) is 43.8 Å². The van der Waals surface area contributed by atoms with Gasteiger partial charge in [-0.25, -0.2) is 0 Å². The third-order valence-electron chi connectivity index (χ3n) is 5.12. The monoisotopic (exact) mass is 355 g/mol. The van der Waals surface area contributed by atoms with Crippen LogP contribution >= 0.6 is 0 Å². The van der Waals surface area contributed by atoms with Crippen LogP contribution in [0.25, 0.3) is 0 Å². The van der Waals surface area contributed by atoms with E-state index in [1.807, 2.05) is 6.07 Å². The highest BCUT2D eigenvalue weighted by atomic mass is 19.4. The number of alkyl halides is 3. The Morgan fingerprint density at radius 2 is 2.12 bits per heavy atom. The first-order valence-corrected chi connectivity index (χ1v) is 8.63. The molecule has 7 heteroatoms. The minimum atomic E-state index is -4.33. The molecule has 138 valence electrons. The van der Waals surface area contributed by atoms with E-state index < -0.39 is 12.8 Å². The largest absolute Gasteiger partial charge is 0.484 e. The quantitative estimate of drug-likeness (QED) is 0.663. The summed E-state index contributed by atoms with van der Waals surface area (Å²) in [5.41, 5.74) is 1.35. The Morgan fingerprint density at radius 3 is 2.72 bits per heavy atom. The minimum Gasteiger partial charge on any atom is -0.484 e. The fourth-order valence-corrected chi connectivity index (χ4v) is 3.62. The normalized spacial score (nSPS) is 19.8. The molecule has 0 radical (unpaired) electrons. The van der Waals surface area contributed by atoms with Crippen LogP contribution in [-0.2, 0) is 6.54 Å². The maximum absolute atomic E-state index is 12.3. The number of halogens is 3. The molecule has 2 aliphatic rings. The summed E-state index contributed by atoms with van der Waals surface area (Å²) in [6.45, 7) is 1.27. The van der Waals surface area contributed by atoms with E-state index in [0.29, 0.717) is 12.0 Å². The topological polar surface area (TPSA) is 36.9 Å². The van der Waals surface area contributed by atoms with E-state index in [4.69, 9.17) is 4.74 Å². The zero-order chi connectivity index (χ0) is 17.9. The summed E-state index contributed by atoms with van der Waals surface area (Å²) in [4.78, 5) is 6.63. The molecule has 1 spiro atoms. The summed E-state index contributed by atoms with van der Waals surface area (Å²) in [6.07, 6.45) is 0.820. The number of hydrogen-bond donors (Lipinski definition) is 1. The van der Waals surface area contributed by atoms with E-state index >= 15 is 0 Å². The molecule has 1 aliphatic carbocycles. The van der Waals surface area contributed by atoms with Crippen molar-refractivity contribution in [1.29, 1.82) is 0 Å². The second kappa shape index (κ2) is 7.14. The Balaban J connectivity index is 1.53. The average molecular weight is 355 g/mol. The zero-order valence-electron chi connectivity index (χ0n) is 14.4. The smallest absolute Gasteiger partial charge is 0.422 e. The third kappa shape index (κ3) is 4.58. The summed E-state index contributed by atoms with van der Waals surface area (Å²) in [5, 5.41) is 3.31. The Kier molecular flexibility index (Phi) is 5.11. The zero-order valence-corrected chi connectivity index (χ0v) is 14.4. The molecule has 0 unspecified atom stereocenters. The number of nitrogens with zero attached hydrogens (tertiary/aromatic N) is 2. The molecule has 1 aliphatic heterocycles. The second-order valence-electron chi connectivity index (χ2n) is 6.98. The molecule has 1 aromatic carbocycles. The number of benzene rings is 1. The molecule has 1 heterocycles. The fraction of sp³-hybridized carbons (Fsp3) is 0.611. The third-order valence-corrected chi connectivity index (χ3v) is 5.12. The lowest BCUT2D eigenvalue weighted by atomic mass is 9.68. The molecule has 2 fully saturated rings. The fourth-order valence-electron chi connectivity index (χ4n) is 3.62. The van der Waals surface area contributed by atoms with Crippen LogP contribution in [0.1, 0.15) is 31.2 Å². The van der Waals surface area contributed by atoms with Crippen molar-refractivity contribution in [1.82, 2.24) is 10.2 Å². The highest BCUT2D eigenvalue weighted by molar-refractivity contribution is 5.80. The predicted octanol–water partition coefficient (Wildman–Crippen LogP) is 3.58. The van der Waals surface area contributed by atoms with Crippen LogP contribution in [0.4, 0.5) is 13.2 Å². The van der Waals surface area contributed by atoms with E-state index in [1.165, 1.54) is 31.7 Å². The predicted molar refractivity (Wildman–Crippen MR) is 90.7 cm³/mol. The highest BCUT2D eigenvalue weighted by Crippen LogP contribution is 2.47. The summed E-state index contributed by atoms with van der Waals surface area (Å²) in [5.74, 6) is 1.08. The lowest BCUT2D eigenvalue weighted by molar-refractivity contribution is -0.153. The first-order valence-electron chi connectivity index (χ1n) is 8.63. The van der Waals surface area contributed by atoms with E-state index in [2.05, 4.69) is 15.2 Å². The Bertz CT molecular complexity index is 626. The Morgan fingerprint density at radius 1 is 1.32 bits per heavy atom. The van der Waals surface area contributed by atoms with Gasteiger partial charge in [-0.05, 0) is 42.4 Å². The second-order valence-corrected chi connectivity index (χ2v) is 6.98. The Labute approximate surface area is 146 Å². The van der Waals surface area contributed by atoms with E-state index in [-0.39, 0.29) is 5.75 Å². The molecule has 1 N–H and O–H groups in total. The van der Waals surface area contributed by atoms with Gasteiger partial charge in [0.1, 0.15) is 5.75 Å². The minimum absolute atomic E-state index is 0.223. The van der Waals surface area contributed by atoms with Gasteiger partial charge in [0.15, 0.2) is 12.6 Å². The van der Waals surface area contributed by atoms with Crippen molar-refractivity contribution in [3.8, 4) is 5.75 Å². The van der Waals surface area contributed by atoms with Gasteiger partial charge in [-0.3, -0.25) is 4.99 Å². The van der Waals surface area contributed by atoms with E-state index in [9.17, 15) is 13.2 Å². The maximum Gasteiger partial charge on any atom is 0.422 e. The van der Waals surface area contributed by atoms with Crippen LogP contribution in [0.5, 0.6) is 5.75 Å². The standard InChI is InChI=1S/C18H24F3N3O/c1-22-16(24-9-8-17(12-24)6-3-7-17)23-11-14-4-2-5-15(10-14)25-13-18(19,20)21/h2,4-5,10H,3,6-9,11-13H2,1H3,(H,22,23). The van der Waals surface area contributed by atoms with Crippen molar-refractivity contribution in [2.75, 3.05) is 26.7 Å². The first-order chi connectivity index (χ1) is 11.9. The summed E-state index contributed by atoms with van der Waals surface area (Å²) >= 11 is 0. The summed E-state index contributed by atoms with van der Waals surface area (Å²) in [6, 6.07) is 6.72. The van der Waals surface area contributed by atoms with Gasteiger partial charge < -0.3 is 15.0 Å². The van der Waals surface area contributed by atoms with Crippen molar-refractivity contribution in [3.05, 3.63) is 29.8 Å². The van der Waals surface area contributed by atoms with Crippen LogP contribution in [0, 0.1) is 5.41 Å². The van der Waals surface area contributed by atoms with Crippen molar-refractivity contribution in [3.63, 3.8) is 0 Å². The molecule has 0 atom stereocenters. The van der Waals surface area contributed by atoms with Gasteiger partial charge in [0.2, 0.25) is 0 Å². The molecule has 0 bridgehead atoms. The van der Waals surface area contributed by atoms with Gasteiger partial charge in [-0.15, -0.1) is 0 Å². The number of ether oxygens (including phenoxy) is 1. The number of nitrogens with one attached hydrogen (secondary N) is 1. The summed E-state index contributed by atoms with van der Waals surface area (Å²) < 4.78 is 41.6. The van der Waals surface area contributed by atoms with Crippen LogP contribution < -0.4 is 10.1 Å². The molecular weight excluding hydrogens is 331 g/mol. The lowest BCUT2D eigenvalue weighted by Crippen LogP contribution is -2.42. The molecule has 0 amide bonds. The van der Waals surface area contributed by atoms with Crippen molar-refractivity contribution >= 4 is 5.96 Å². The highest BCUT2D eigenvalue weighted by Gasteiger charge is 2.43. The van der Waals surface area contributed by atoms with Crippen LogP contribution in [0.3, 0.4) is 0 Å². The average Bonchev–Trinajstić information content (AvgIpc) is 2.99. The van der Waals surface area contributed by atoms with Gasteiger partial charge in [-0.2, -0.15) is 13.2 Å². The Hall–Kier alpha value is -1.92. The van der Waals surface area contributed by atoms with Gasteiger partial charge in [0, 0.05) is 26.7 Å². The molecule has 4 nitrogen and oxygen atoms in total. The van der Waals surface area contributed by atoms with E-state index in [1.54, 1.807) is 19.2 Å². The molecule has 25 heavy (non-hydrogen) atoms. The maximum atomic E-state index is 12.3.